The second-order valence-electron chi connectivity index (χ2n) is 4.92. The molecule has 0 spiro atoms. The van der Waals surface area contributed by atoms with Gasteiger partial charge >= 0.3 is 0 Å². The molecule has 21 heavy (non-hydrogen) atoms. The van der Waals surface area contributed by atoms with Gasteiger partial charge in [-0.2, -0.15) is 0 Å². The monoisotopic (exact) mass is 364 g/mol. The number of hydrogen-bond acceptors (Lipinski definition) is 2. The maximum atomic E-state index is 13.4. The summed E-state index contributed by atoms with van der Waals surface area (Å²) in [5.41, 5.74) is 3.11. The summed E-state index contributed by atoms with van der Waals surface area (Å²) in [5.74, 6) is 0.256. The van der Waals surface area contributed by atoms with Crippen LogP contribution in [0.3, 0.4) is 0 Å². The highest BCUT2D eigenvalue weighted by molar-refractivity contribution is 9.10. The second-order valence-corrected chi connectivity index (χ2v) is 6.19. The average Bonchev–Trinajstić information content (AvgIpc) is 2.43. The van der Waals surface area contributed by atoms with Crippen molar-refractivity contribution in [2.75, 3.05) is 0 Å². The van der Waals surface area contributed by atoms with Crippen LogP contribution in [0.1, 0.15) is 11.1 Å². The first kappa shape index (κ1) is 14.4. The van der Waals surface area contributed by atoms with E-state index in [1.54, 1.807) is 19.1 Å². The van der Waals surface area contributed by atoms with Crippen LogP contribution >= 0.6 is 27.5 Å². The molecular weight excluding hydrogens is 355 g/mol. The van der Waals surface area contributed by atoms with Gasteiger partial charge < -0.3 is 0 Å². The summed E-state index contributed by atoms with van der Waals surface area (Å²) in [7, 11) is 0. The first-order valence-corrected chi connectivity index (χ1v) is 7.53. The minimum atomic E-state index is -0.245. The topological polar surface area (TPSA) is 25.8 Å². The van der Waals surface area contributed by atoms with Crippen LogP contribution < -0.4 is 0 Å². The van der Waals surface area contributed by atoms with Crippen LogP contribution in [0.15, 0.2) is 34.8 Å². The first-order valence-electron chi connectivity index (χ1n) is 6.35. The van der Waals surface area contributed by atoms with E-state index in [0.717, 1.165) is 26.5 Å². The molecule has 106 valence electrons. The van der Waals surface area contributed by atoms with E-state index in [0.29, 0.717) is 16.5 Å². The van der Waals surface area contributed by atoms with Gasteiger partial charge in [0.25, 0.3) is 0 Å². The van der Waals surface area contributed by atoms with E-state index in [1.165, 1.54) is 6.07 Å². The third-order valence-corrected chi connectivity index (χ3v) is 4.07. The fourth-order valence-electron chi connectivity index (χ4n) is 2.24. The lowest BCUT2D eigenvalue weighted by Gasteiger charge is -2.08. The first-order chi connectivity index (χ1) is 9.95. The maximum Gasteiger partial charge on any atom is 0.161 e. The summed E-state index contributed by atoms with van der Waals surface area (Å²) >= 11 is 9.72. The van der Waals surface area contributed by atoms with Gasteiger partial charge in [-0.1, -0.05) is 27.5 Å². The summed E-state index contributed by atoms with van der Waals surface area (Å²) in [6.45, 7) is 3.68. The van der Waals surface area contributed by atoms with Gasteiger partial charge in [-0.3, -0.25) is 0 Å². The molecular formula is C16H11BrClFN2. The van der Waals surface area contributed by atoms with E-state index in [9.17, 15) is 4.39 Å². The minimum Gasteiger partial charge on any atom is -0.228 e. The standard InChI is InChI=1S/C16H11BrClFN2/c1-8-5-10(3-4-13(8)19)16-20-14-9(2)6-11(17)7-12(14)15(18)21-16/h3-7H,1-2H3. The second kappa shape index (κ2) is 5.35. The van der Waals surface area contributed by atoms with E-state index >= 15 is 0 Å². The Bertz CT molecular complexity index is 865. The third kappa shape index (κ3) is 2.65. The van der Waals surface area contributed by atoms with E-state index in [4.69, 9.17) is 11.6 Å². The fourth-order valence-corrected chi connectivity index (χ4v) is 3.03. The molecule has 0 aliphatic carbocycles. The molecule has 0 saturated heterocycles. The number of benzene rings is 2. The molecule has 2 aromatic carbocycles. The van der Waals surface area contributed by atoms with E-state index < -0.39 is 0 Å². The largest absolute Gasteiger partial charge is 0.228 e. The van der Waals surface area contributed by atoms with Crippen molar-refractivity contribution < 1.29 is 4.39 Å². The highest BCUT2D eigenvalue weighted by Crippen LogP contribution is 2.30. The molecule has 1 heterocycles. The number of halogens is 3. The van der Waals surface area contributed by atoms with Crippen LogP contribution in [-0.2, 0) is 0 Å². The Hall–Kier alpha value is -1.52. The van der Waals surface area contributed by atoms with Crippen molar-refractivity contribution >= 4 is 38.4 Å². The molecule has 5 heteroatoms. The summed E-state index contributed by atoms with van der Waals surface area (Å²) in [6.07, 6.45) is 0. The Morgan fingerprint density at radius 2 is 1.81 bits per heavy atom. The minimum absolute atomic E-state index is 0.245. The maximum absolute atomic E-state index is 13.4. The molecule has 0 aliphatic rings. The Kier molecular flexibility index (Phi) is 3.68. The zero-order valence-corrected chi connectivity index (χ0v) is 13.8. The van der Waals surface area contributed by atoms with Gasteiger partial charge in [-0.05, 0) is 55.3 Å². The summed E-state index contributed by atoms with van der Waals surface area (Å²) in [6, 6.07) is 8.67. The quantitative estimate of drug-likeness (QED) is 0.534. The van der Waals surface area contributed by atoms with Crippen molar-refractivity contribution in [2.45, 2.75) is 13.8 Å². The predicted octanol–water partition coefficient (Wildman–Crippen LogP) is 5.47. The number of hydrogen-bond donors (Lipinski definition) is 0. The molecule has 0 radical (unpaired) electrons. The molecule has 0 bridgehead atoms. The molecule has 0 aliphatic heterocycles. The predicted molar refractivity (Wildman–Crippen MR) is 87.1 cm³/mol. The molecule has 0 saturated carbocycles. The van der Waals surface area contributed by atoms with Crippen molar-refractivity contribution in [3.05, 3.63) is 56.9 Å². The molecule has 0 fully saturated rings. The Labute approximate surface area is 135 Å². The van der Waals surface area contributed by atoms with Crippen molar-refractivity contribution in [3.8, 4) is 11.4 Å². The van der Waals surface area contributed by atoms with Crippen LogP contribution in [0.2, 0.25) is 5.15 Å². The normalized spacial score (nSPS) is 11.1. The highest BCUT2D eigenvalue weighted by atomic mass is 79.9. The third-order valence-electron chi connectivity index (χ3n) is 3.33. The lowest BCUT2D eigenvalue weighted by Crippen LogP contribution is -1.95. The zero-order valence-electron chi connectivity index (χ0n) is 11.4. The van der Waals surface area contributed by atoms with Crippen molar-refractivity contribution in [1.29, 1.82) is 0 Å². The van der Waals surface area contributed by atoms with Crippen molar-refractivity contribution in [1.82, 2.24) is 9.97 Å². The van der Waals surface area contributed by atoms with Gasteiger partial charge in [-0.25, -0.2) is 14.4 Å². The summed E-state index contributed by atoms with van der Waals surface area (Å²) in [5, 5.41) is 1.19. The molecule has 2 nitrogen and oxygen atoms in total. The number of rotatable bonds is 1. The number of nitrogens with zero attached hydrogens (tertiary/aromatic N) is 2. The number of aryl methyl sites for hydroxylation is 2. The Balaban J connectivity index is 2.27. The van der Waals surface area contributed by atoms with E-state index in [-0.39, 0.29) is 5.82 Å². The van der Waals surface area contributed by atoms with Gasteiger partial charge in [0.05, 0.1) is 5.52 Å². The molecule has 1 aromatic heterocycles. The SMILES string of the molecule is Cc1cc(-c2nc(Cl)c3cc(Br)cc(C)c3n2)ccc1F. The fraction of sp³-hybridized carbons (Fsp3) is 0.125. The van der Waals surface area contributed by atoms with Crippen molar-refractivity contribution in [3.63, 3.8) is 0 Å². The molecule has 3 rings (SSSR count). The summed E-state index contributed by atoms with van der Waals surface area (Å²) in [4.78, 5) is 8.91. The van der Waals surface area contributed by atoms with Gasteiger partial charge in [0.2, 0.25) is 0 Å². The summed E-state index contributed by atoms with van der Waals surface area (Å²) < 4.78 is 14.3. The van der Waals surface area contributed by atoms with Gasteiger partial charge in [0, 0.05) is 15.4 Å². The molecule has 0 atom stereocenters. The smallest absolute Gasteiger partial charge is 0.161 e. The molecule has 0 unspecified atom stereocenters. The highest BCUT2D eigenvalue weighted by Gasteiger charge is 2.11. The van der Waals surface area contributed by atoms with Gasteiger partial charge in [-0.15, -0.1) is 0 Å². The van der Waals surface area contributed by atoms with Crippen LogP contribution in [0, 0.1) is 19.7 Å². The van der Waals surface area contributed by atoms with Crippen LogP contribution in [0.5, 0.6) is 0 Å². The number of aromatic nitrogens is 2. The van der Waals surface area contributed by atoms with Crippen molar-refractivity contribution in [2.24, 2.45) is 0 Å². The van der Waals surface area contributed by atoms with Crippen LogP contribution in [0.25, 0.3) is 22.3 Å². The Morgan fingerprint density at radius 1 is 1.05 bits per heavy atom. The zero-order chi connectivity index (χ0) is 15.1. The van der Waals surface area contributed by atoms with Gasteiger partial charge in [0.1, 0.15) is 11.0 Å². The van der Waals surface area contributed by atoms with E-state index in [1.807, 2.05) is 19.1 Å². The van der Waals surface area contributed by atoms with E-state index in [2.05, 4.69) is 25.9 Å². The lowest BCUT2D eigenvalue weighted by atomic mass is 10.1. The number of fused-ring (bicyclic) bond motifs is 1. The van der Waals surface area contributed by atoms with Crippen LogP contribution in [-0.4, -0.2) is 9.97 Å². The average molecular weight is 366 g/mol. The lowest BCUT2D eigenvalue weighted by molar-refractivity contribution is 0.618. The van der Waals surface area contributed by atoms with Crippen LogP contribution in [0.4, 0.5) is 4.39 Å². The molecule has 3 aromatic rings. The molecule has 0 amide bonds. The molecule has 0 N–H and O–H groups in total. The van der Waals surface area contributed by atoms with Gasteiger partial charge in [0.15, 0.2) is 5.82 Å². The Morgan fingerprint density at radius 3 is 2.52 bits per heavy atom.